The summed E-state index contributed by atoms with van der Waals surface area (Å²) in [5.74, 6) is 4.87. The lowest BCUT2D eigenvalue weighted by atomic mass is 10.3. The van der Waals surface area contributed by atoms with Crippen molar-refractivity contribution in [2.45, 2.75) is 4.90 Å². The summed E-state index contributed by atoms with van der Waals surface area (Å²) in [6.07, 6.45) is 0. The van der Waals surface area contributed by atoms with Gasteiger partial charge >= 0.3 is 10.2 Å². The van der Waals surface area contributed by atoms with Crippen molar-refractivity contribution in [2.75, 3.05) is 5.43 Å². The quantitative estimate of drug-likeness (QED) is 0.466. The van der Waals surface area contributed by atoms with Crippen LogP contribution >= 0.6 is 10.2 Å². The van der Waals surface area contributed by atoms with Crippen LogP contribution in [0.4, 0.5) is 25.1 Å². The summed E-state index contributed by atoms with van der Waals surface area (Å²) < 4.78 is 60.7. The first kappa shape index (κ1) is 11.1. The van der Waals surface area contributed by atoms with E-state index in [0.717, 1.165) is 12.1 Å². The largest absolute Gasteiger partial charge is 0.324 e. The Hall–Kier alpha value is -1.02. The van der Waals surface area contributed by atoms with Gasteiger partial charge in [0.15, 0.2) is 0 Å². The number of anilines is 1. The van der Waals surface area contributed by atoms with Crippen LogP contribution in [-0.4, -0.2) is 0 Å². The van der Waals surface area contributed by atoms with Crippen molar-refractivity contribution in [3.63, 3.8) is 0 Å². The van der Waals surface area contributed by atoms with Crippen LogP contribution in [0, 0.1) is 0 Å². The predicted octanol–water partition coefficient (Wildman–Crippen LogP) is 3.63. The van der Waals surface area contributed by atoms with E-state index in [4.69, 9.17) is 5.84 Å². The molecule has 0 heterocycles. The second-order valence-electron chi connectivity index (χ2n) is 2.64. The fraction of sp³-hybridized carbons (Fsp3) is 0. The monoisotopic (exact) mass is 234 g/mol. The van der Waals surface area contributed by atoms with Crippen molar-refractivity contribution in [2.24, 2.45) is 5.84 Å². The van der Waals surface area contributed by atoms with Crippen LogP contribution in [0.25, 0.3) is 0 Å². The van der Waals surface area contributed by atoms with E-state index in [9.17, 15) is 19.4 Å². The Morgan fingerprint density at radius 3 is 1.64 bits per heavy atom. The molecule has 14 heavy (non-hydrogen) atoms. The van der Waals surface area contributed by atoms with Crippen molar-refractivity contribution in [3.05, 3.63) is 24.3 Å². The molecule has 2 nitrogen and oxygen atoms in total. The van der Waals surface area contributed by atoms with Gasteiger partial charge in [0.1, 0.15) is 4.90 Å². The molecule has 0 atom stereocenters. The first-order valence-electron chi connectivity index (χ1n) is 3.34. The number of hydrazine groups is 1. The second kappa shape index (κ2) is 2.31. The molecular weight excluding hydrogens is 227 g/mol. The normalized spacial score (nSPS) is 17.0. The molecule has 82 valence electrons. The van der Waals surface area contributed by atoms with Crippen LogP contribution in [0.3, 0.4) is 0 Å². The summed E-state index contributed by atoms with van der Waals surface area (Å²) in [4.78, 5) is -1.93. The molecule has 0 saturated carbocycles. The standard InChI is InChI=1S/C6H7F5N2S/c7-14(8,9,10,11)6-3-1-5(13-12)2-4-6/h1-4,13H,12H2. The first-order chi connectivity index (χ1) is 6.03. The highest BCUT2D eigenvalue weighted by molar-refractivity contribution is 8.45. The Labute approximate surface area is 76.6 Å². The highest BCUT2D eigenvalue weighted by Crippen LogP contribution is 3.02. The van der Waals surface area contributed by atoms with Gasteiger partial charge in [-0.05, 0) is 24.3 Å². The minimum atomic E-state index is -9.53. The van der Waals surface area contributed by atoms with Crippen molar-refractivity contribution in [1.82, 2.24) is 0 Å². The Balaban J connectivity index is 3.24. The summed E-state index contributed by atoms with van der Waals surface area (Å²) in [6, 6.07) is 2.23. The van der Waals surface area contributed by atoms with Gasteiger partial charge in [0.2, 0.25) is 0 Å². The molecule has 3 N–H and O–H groups in total. The van der Waals surface area contributed by atoms with Crippen LogP contribution in [-0.2, 0) is 0 Å². The van der Waals surface area contributed by atoms with Crippen molar-refractivity contribution in [3.8, 4) is 0 Å². The highest BCUT2D eigenvalue weighted by Gasteiger charge is 2.65. The van der Waals surface area contributed by atoms with Crippen molar-refractivity contribution >= 4 is 15.9 Å². The van der Waals surface area contributed by atoms with Crippen LogP contribution in [0.2, 0.25) is 0 Å². The maximum atomic E-state index is 12.1. The van der Waals surface area contributed by atoms with E-state index in [1.165, 1.54) is 0 Å². The minimum Gasteiger partial charge on any atom is -0.324 e. The van der Waals surface area contributed by atoms with E-state index < -0.39 is 15.1 Å². The number of hydrogen-bond acceptors (Lipinski definition) is 2. The molecule has 0 spiro atoms. The van der Waals surface area contributed by atoms with E-state index in [2.05, 4.69) is 0 Å². The zero-order valence-corrected chi connectivity index (χ0v) is 7.50. The second-order valence-corrected chi connectivity index (χ2v) is 5.05. The molecule has 1 aromatic carbocycles. The molecule has 0 aliphatic heterocycles. The number of halogens is 5. The smallest absolute Gasteiger partial charge is 0.310 e. The number of nitrogen functional groups attached to an aromatic ring is 1. The molecule has 0 fully saturated rings. The average molecular weight is 234 g/mol. The van der Waals surface area contributed by atoms with Crippen LogP contribution in [0.15, 0.2) is 29.2 Å². The van der Waals surface area contributed by atoms with Gasteiger partial charge in [-0.1, -0.05) is 19.4 Å². The number of benzene rings is 1. The molecule has 0 aliphatic carbocycles. The zero-order valence-electron chi connectivity index (χ0n) is 6.68. The van der Waals surface area contributed by atoms with Gasteiger partial charge in [-0.3, -0.25) is 5.84 Å². The Morgan fingerprint density at radius 2 is 1.36 bits per heavy atom. The predicted molar refractivity (Wildman–Crippen MR) is 45.6 cm³/mol. The van der Waals surface area contributed by atoms with E-state index in [0.29, 0.717) is 0 Å². The fourth-order valence-electron chi connectivity index (χ4n) is 0.808. The Morgan fingerprint density at radius 1 is 0.929 bits per heavy atom. The number of rotatable bonds is 2. The summed E-state index contributed by atoms with van der Waals surface area (Å²) >= 11 is 0. The van der Waals surface area contributed by atoms with E-state index >= 15 is 0 Å². The Kier molecular flexibility index (Phi) is 1.83. The van der Waals surface area contributed by atoms with Crippen LogP contribution in [0.1, 0.15) is 0 Å². The van der Waals surface area contributed by atoms with Crippen molar-refractivity contribution < 1.29 is 19.4 Å². The Bertz CT molecular complexity index is 341. The third-order valence-corrected chi connectivity index (χ3v) is 2.63. The molecule has 0 aromatic heterocycles. The third kappa shape index (κ3) is 2.48. The lowest BCUT2D eigenvalue weighted by Gasteiger charge is -2.40. The number of nitrogens with one attached hydrogen (secondary N) is 1. The molecule has 0 saturated heterocycles. The molecule has 8 heteroatoms. The van der Waals surface area contributed by atoms with Crippen molar-refractivity contribution in [1.29, 1.82) is 0 Å². The SMILES string of the molecule is NNc1ccc(S(F)(F)(F)(F)F)cc1. The van der Waals surface area contributed by atoms with Gasteiger partial charge in [0, 0.05) is 5.69 Å². The molecular formula is C6H7F5N2S. The topological polar surface area (TPSA) is 38.0 Å². The summed E-state index contributed by atoms with van der Waals surface area (Å²) in [5.41, 5.74) is 2.15. The fourth-order valence-corrected chi connectivity index (χ4v) is 1.46. The number of nitrogens with two attached hydrogens (primary N) is 1. The molecule has 0 radical (unpaired) electrons. The summed E-state index contributed by atoms with van der Waals surface area (Å²) in [6.45, 7) is 0. The van der Waals surface area contributed by atoms with Gasteiger partial charge in [-0.15, -0.1) is 0 Å². The van der Waals surface area contributed by atoms with Gasteiger partial charge < -0.3 is 5.43 Å². The van der Waals surface area contributed by atoms with Gasteiger partial charge in [0.25, 0.3) is 0 Å². The molecule has 0 bridgehead atoms. The third-order valence-electron chi connectivity index (χ3n) is 1.47. The van der Waals surface area contributed by atoms with E-state index in [-0.39, 0.29) is 17.8 Å². The maximum absolute atomic E-state index is 12.1. The van der Waals surface area contributed by atoms with Gasteiger partial charge in [-0.25, -0.2) is 0 Å². The lowest BCUT2D eigenvalue weighted by molar-refractivity contribution is 0.364. The minimum absolute atomic E-state index is 0.121. The molecule has 0 unspecified atom stereocenters. The zero-order chi connectivity index (χ0) is 11.1. The van der Waals surface area contributed by atoms with Gasteiger partial charge in [0.05, 0.1) is 0 Å². The average Bonchev–Trinajstić information content (AvgIpc) is 2.01. The lowest BCUT2D eigenvalue weighted by Crippen LogP contribution is -2.08. The molecule has 1 rings (SSSR count). The van der Waals surface area contributed by atoms with E-state index in [1.807, 2.05) is 5.43 Å². The first-order valence-corrected chi connectivity index (χ1v) is 5.29. The molecule has 0 aliphatic rings. The van der Waals surface area contributed by atoms with Gasteiger partial charge in [-0.2, -0.15) is 0 Å². The van der Waals surface area contributed by atoms with Crippen LogP contribution in [0.5, 0.6) is 0 Å². The molecule has 0 amide bonds. The summed E-state index contributed by atoms with van der Waals surface area (Å²) in [5, 5.41) is 0. The summed E-state index contributed by atoms with van der Waals surface area (Å²) in [7, 11) is -9.53. The maximum Gasteiger partial charge on any atom is 0.310 e. The molecule has 1 aromatic rings. The van der Waals surface area contributed by atoms with E-state index in [1.54, 1.807) is 0 Å². The number of hydrogen-bond donors (Lipinski definition) is 2. The highest BCUT2D eigenvalue weighted by atomic mass is 32.5. The van der Waals surface area contributed by atoms with Crippen LogP contribution < -0.4 is 11.3 Å².